The molecule has 1 atom stereocenters. The van der Waals surface area contributed by atoms with E-state index in [1.807, 2.05) is 0 Å². The summed E-state index contributed by atoms with van der Waals surface area (Å²) in [6.45, 7) is 0. The molecule has 0 aliphatic rings. The molecule has 1 aromatic heterocycles. The number of nitrogens with two attached hydrogens (primary N) is 1. The van der Waals surface area contributed by atoms with Crippen molar-refractivity contribution in [3.05, 3.63) is 41.4 Å². The number of sulfonamides is 1. The molecule has 0 aliphatic carbocycles. The quantitative estimate of drug-likeness (QED) is 0.941. The van der Waals surface area contributed by atoms with E-state index in [9.17, 15) is 12.6 Å². The standard InChI is InChI=1S/C10H8ClNO3S3/c11-7-2-1-3-8(6-7)17(13)9-4-5-10(16-9)18(12,14)15/h1-6H,(H2,12,14,15)/t17-/m1/s1. The smallest absolute Gasteiger partial charge is 0.247 e. The zero-order valence-electron chi connectivity index (χ0n) is 8.87. The maximum absolute atomic E-state index is 12.2. The van der Waals surface area contributed by atoms with Crippen molar-refractivity contribution < 1.29 is 12.6 Å². The first kappa shape index (κ1) is 13.7. The zero-order chi connectivity index (χ0) is 13.3. The second-order valence-electron chi connectivity index (χ2n) is 3.34. The first-order valence-corrected chi connectivity index (χ1v) is 8.57. The molecule has 2 rings (SSSR count). The molecule has 0 spiro atoms. The molecule has 4 nitrogen and oxygen atoms in total. The molecule has 18 heavy (non-hydrogen) atoms. The predicted molar refractivity (Wildman–Crippen MR) is 71.8 cm³/mol. The summed E-state index contributed by atoms with van der Waals surface area (Å²) in [5.41, 5.74) is 0. The molecule has 0 aliphatic heterocycles. The zero-order valence-corrected chi connectivity index (χ0v) is 12.1. The van der Waals surface area contributed by atoms with Crippen LogP contribution >= 0.6 is 22.9 Å². The summed E-state index contributed by atoms with van der Waals surface area (Å²) >= 11 is 6.70. The third-order valence-electron chi connectivity index (χ3n) is 2.03. The Bertz CT molecular complexity index is 709. The van der Waals surface area contributed by atoms with Crippen molar-refractivity contribution >= 4 is 43.8 Å². The van der Waals surface area contributed by atoms with Gasteiger partial charge < -0.3 is 0 Å². The van der Waals surface area contributed by atoms with Gasteiger partial charge >= 0.3 is 0 Å². The van der Waals surface area contributed by atoms with E-state index < -0.39 is 20.8 Å². The van der Waals surface area contributed by atoms with Crippen LogP contribution in [0.1, 0.15) is 0 Å². The minimum absolute atomic E-state index is 0.00659. The number of thiophene rings is 1. The van der Waals surface area contributed by atoms with E-state index in [2.05, 4.69) is 0 Å². The fourth-order valence-electron chi connectivity index (χ4n) is 1.25. The molecule has 0 unspecified atom stereocenters. The van der Waals surface area contributed by atoms with Crippen LogP contribution in [0.25, 0.3) is 0 Å². The van der Waals surface area contributed by atoms with Gasteiger partial charge in [-0.1, -0.05) is 17.7 Å². The normalized spacial score (nSPS) is 13.4. The van der Waals surface area contributed by atoms with E-state index in [0.29, 0.717) is 14.1 Å². The molecular weight excluding hydrogens is 314 g/mol. The molecule has 1 heterocycles. The van der Waals surface area contributed by atoms with Crippen molar-refractivity contribution in [2.24, 2.45) is 5.14 Å². The van der Waals surface area contributed by atoms with Gasteiger partial charge in [-0.05, 0) is 30.3 Å². The van der Waals surface area contributed by atoms with Gasteiger partial charge in [0.25, 0.3) is 0 Å². The molecule has 0 amide bonds. The van der Waals surface area contributed by atoms with Gasteiger partial charge in [0, 0.05) is 9.92 Å². The van der Waals surface area contributed by atoms with Crippen LogP contribution in [-0.4, -0.2) is 12.6 Å². The Morgan fingerprint density at radius 1 is 1.22 bits per heavy atom. The number of primary sulfonamides is 1. The molecule has 1 aromatic carbocycles. The van der Waals surface area contributed by atoms with Crippen molar-refractivity contribution in [2.45, 2.75) is 13.3 Å². The van der Waals surface area contributed by atoms with Crippen LogP contribution in [0.2, 0.25) is 5.02 Å². The number of hydrogen-bond acceptors (Lipinski definition) is 4. The highest BCUT2D eigenvalue weighted by molar-refractivity contribution is 7.92. The van der Waals surface area contributed by atoms with Gasteiger partial charge in [-0.3, -0.25) is 0 Å². The summed E-state index contributed by atoms with van der Waals surface area (Å²) in [4.78, 5) is 0.519. The third-order valence-corrected chi connectivity index (χ3v) is 6.47. The van der Waals surface area contributed by atoms with Gasteiger partial charge in [0.1, 0.15) is 4.21 Å². The third kappa shape index (κ3) is 2.99. The molecule has 0 bridgehead atoms. The van der Waals surface area contributed by atoms with E-state index in [0.717, 1.165) is 11.3 Å². The average molecular weight is 322 g/mol. The molecule has 2 aromatic rings. The minimum atomic E-state index is -3.75. The maximum Gasteiger partial charge on any atom is 0.247 e. The molecule has 2 N–H and O–H groups in total. The lowest BCUT2D eigenvalue weighted by molar-refractivity contribution is 0.600. The average Bonchev–Trinajstić information content (AvgIpc) is 2.77. The predicted octanol–water partition coefficient (Wildman–Crippen LogP) is 2.22. The number of hydrogen-bond donors (Lipinski definition) is 1. The van der Waals surface area contributed by atoms with Crippen LogP contribution in [0.5, 0.6) is 0 Å². The molecule has 0 saturated heterocycles. The summed E-state index contributed by atoms with van der Waals surface area (Å²) in [6, 6.07) is 9.43. The Morgan fingerprint density at radius 3 is 2.50 bits per heavy atom. The lowest BCUT2D eigenvalue weighted by Gasteiger charge is -1.99. The van der Waals surface area contributed by atoms with E-state index in [-0.39, 0.29) is 4.21 Å². The molecule has 96 valence electrons. The number of benzene rings is 1. The highest BCUT2D eigenvalue weighted by Crippen LogP contribution is 2.27. The van der Waals surface area contributed by atoms with Gasteiger partial charge in [0.2, 0.25) is 10.0 Å². The number of halogens is 1. The first-order chi connectivity index (χ1) is 8.38. The molecule has 8 heteroatoms. The highest BCUT2D eigenvalue weighted by atomic mass is 35.5. The SMILES string of the molecule is NS(=O)(=O)c1ccc([S@](=O)c2cccc(Cl)c2)s1. The lowest BCUT2D eigenvalue weighted by Crippen LogP contribution is -2.09. The fourth-order valence-corrected chi connectivity index (χ4v) is 4.85. The van der Waals surface area contributed by atoms with Crippen molar-refractivity contribution in [3.8, 4) is 0 Å². The van der Waals surface area contributed by atoms with E-state index in [1.54, 1.807) is 24.3 Å². The Balaban J connectivity index is 2.38. The van der Waals surface area contributed by atoms with Crippen molar-refractivity contribution in [1.82, 2.24) is 0 Å². The Kier molecular flexibility index (Phi) is 3.88. The largest absolute Gasteiger partial charge is 0.248 e. The molecular formula is C10H8ClNO3S3. The summed E-state index contributed by atoms with van der Waals surface area (Å²) in [5, 5.41) is 5.47. The van der Waals surface area contributed by atoms with Crippen molar-refractivity contribution in [3.63, 3.8) is 0 Å². The van der Waals surface area contributed by atoms with E-state index >= 15 is 0 Å². The maximum atomic E-state index is 12.2. The molecule has 0 saturated carbocycles. The second kappa shape index (κ2) is 5.10. The Hall–Kier alpha value is -0.730. The van der Waals surface area contributed by atoms with Gasteiger partial charge in [0.15, 0.2) is 0 Å². The van der Waals surface area contributed by atoms with E-state index in [1.165, 1.54) is 12.1 Å². The summed E-state index contributed by atoms with van der Waals surface area (Å²) < 4.78 is 34.8. The summed E-state index contributed by atoms with van der Waals surface area (Å²) in [7, 11) is -5.20. The summed E-state index contributed by atoms with van der Waals surface area (Å²) in [5.74, 6) is 0. The Labute approximate surface area is 116 Å². The molecule has 0 fully saturated rings. The van der Waals surface area contributed by atoms with Gasteiger partial charge in [-0.2, -0.15) is 0 Å². The monoisotopic (exact) mass is 321 g/mol. The van der Waals surface area contributed by atoms with Gasteiger partial charge in [-0.25, -0.2) is 17.8 Å². The van der Waals surface area contributed by atoms with Crippen LogP contribution in [0.3, 0.4) is 0 Å². The van der Waals surface area contributed by atoms with Crippen LogP contribution in [0, 0.1) is 0 Å². The Morgan fingerprint density at radius 2 is 1.94 bits per heavy atom. The van der Waals surface area contributed by atoms with Crippen molar-refractivity contribution in [2.75, 3.05) is 0 Å². The second-order valence-corrected chi connectivity index (χ2v) is 8.36. The van der Waals surface area contributed by atoms with Gasteiger partial charge in [-0.15, -0.1) is 11.3 Å². The van der Waals surface area contributed by atoms with Crippen molar-refractivity contribution in [1.29, 1.82) is 0 Å². The van der Waals surface area contributed by atoms with Crippen LogP contribution in [0.4, 0.5) is 0 Å². The summed E-state index contributed by atoms with van der Waals surface area (Å²) in [6.07, 6.45) is 0. The lowest BCUT2D eigenvalue weighted by atomic mass is 10.4. The topological polar surface area (TPSA) is 77.2 Å². The van der Waals surface area contributed by atoms with Crippen LogP contribution < -0.4 is 5.14 Å². The molecule has 0 radical (unpaired) electrons. The van der Waals surface area contributed by atoms with Gasteiger partial charge in [0.05, 0.1) is 15.0 Å². The van der Waals surface area contributed by atoms with Crippen LogP contribution in [0.15, 0.2) is 49.7 Å². The van der Waals surface area contributed by atoms with Crippen LogP contribution in [-0.2, 0) is 20.8 Å². The highest BCUT2D eigenvalue weighted by Gasteiger charge is 2.15. The fraction of sp³-hybridized carbons (Fsp3) is 0. The minimum Gasteiger partial charge on any atom is -0.248 e. The first-order valence-electron chi connectivity index (χ1n) is 4.68. The van der Waals surface area contributed by atoms with E-state index in [4.69, 9.17) is 16.7 Å². The number of rotatable bonds is 3.